The van der Waals surface area contributed by atoms with Crippen molar-refractivity contribution in [1.29, 1.82) is 0 Å². The van der Waals surface area contributed by atoms with Gasteiger partial charge in [0, 0.05) is 0 Å². The third-order valence-electron chi connectivity index (χ3n) is 3.69. The van der Waals surface area contributed by atoms with Gasteiger partial charge in [0.15, 0.2) is 6.29 Å². The Balaban J connectivity index is 1.73. The fourth-order valence-corrected chi connectivity index (χ4v) is 2.53. The molecule has 1 fully saturated rings. The molecule has 18 heavy (non-hydrogen) atoms. The SMILES string of the molecule is CCCCCCCCCCCCC1OCC(C)O1. The van der Waals surface area contributed by atoms with Gasteiger partial charge in [-0.3, -0.25) is 0 Å². The minimum absolute atomic E-state index is 0.0917. The van der Waals surface area contributed by atoms with Crippen LogP contribution in [0.3, 0.4) is 0 Å². The second kappa shape index (κ2) is 10.8. The summed E-state index contributed by atoms with van der Waals surface area (Å²) >= 11 is 0. The zero-order valence-corrected chi connectivity index (χ0v) is 12.5. The van der Waals surface area contributed by atoms with Crippen LogP contribution in [0.15, 0.2) is 0 Å². The molecule has 1 heterocycles. The lowest BCUT2D eigenvalue weighted by atomic mass is 10.1. The largest absolute Gasteiger partial charge is 0.350 e. The summed E-state index contributed by atoms with van der Waals surface area (Å²) < 4.78 is 11.1. The molecule has 0 spiro atoms. The second-order valence-electron chi connectivity index (χ2n) is 5.68. The molecule has 2 unspecified atom stereocenters. The summed E-state index contributed by atoms with van der Waals surface area (Å²) in [5, 5.41) is 0. The van der Waals surface area contributed by atoms with E-state index in [9.17, 15) is 0 Å². The standard InChI is InChI=1S/C16H32O2/c1-3-4-5-6-7-8-9-10-11-12-13-16-17-14-15(2)18-16/h15-16H,3-14H2,1-2H3. The molecule has 1 saturated heterocycles. The Bertz CT molecular complexity index is 182. The van der Waals surface area contributed by atoms with Gasteiger partial charge in [-0.15, -0.1) is 0 Å². The molecule has 0 aromatic heterocycles. The van der Waals surface area contributed by atoms with E-state index in [1.54, 1.807) is 0 Å². The minimum Gasteiger partial charge on any atom is -0.350 e. The van der Waals surface area contributed by atoms with Crippen LogP contribution in [0.1, 0.15) is 84.5 Å². The third kappa shape index (κ3) is 8.10. The molecule has 0 amide bonds. The molecular weight excluding hydrogens is 224 g/mol. The number of hydrogen-bond donors (Lipinski definition) is 0. The fourth-order valence-electron chi connectivity index (χ4n) is 2.53. The molecule has 0 saturated carbocycles. The highest BCUT2D eigenvalue weighted by Crippen LogP contribution is 2.18. The Morgan fingerprint density at radius 3 is 1.89 bits per heavy atom. The van der Waals surface area contributed by atoms with Gasteiger partial charge in [-0.05, 0) is 19.8 Å². The van der Waals surface area contributed by atoms with Gasteiger partial charge in [-0.2, -0.15) is 0 Å². The van der Waals surface area contributed by atoms with Crippen molar-refractivity contribution in [1.82, 2.24) is 0 Å². The molecule has 0 aromatic carbocycles. The van der Waals surface area contributed by atoms with Crippen LogP contribution in [0.5, 0.6) is 0 Å². The average molecular weight is 256 g/mol. The third-order valence-corrected chi connectivity index (χ3v) is 3.69. The number of unbranched alkanes of at least 4 members (excludes halogenated alkanes) is 9. The van der Waals surface area contributed by atoms with Crippen LogP contribution >= 0.6 is 0 Å². The van der Waals surface area contributed by atoms with Crippen LogP contribution in [0.2, 0.25) is 0 Å². The highest BCUT2D eigenvalue weighted by Gasteiger charge is 2.21. The van der Waals surface area contributed by atoms with Crippen LogP contribution < -0.4 is 0 Å². The molecule has 1 aliphatic rings. The first kappa shape index (κ1) is 16.0. The van der Waals surface area contributed by atoms with Crippen molar-refractivity contribution in [3.05, 3.63) is 0 Å². The van der Waals surface area contributed by atoms with Crippen molar-refractivity contribution in [2.24, 2.45) is 0 Å². The van der Waals surface area contributed by atoms with Crippen molar-refractivity contribution in [3.8, 4) is 0 Å². The van der Waals surface area contributed by atoms with E-state index in [4.69, 9.17) is 9.47 Å². The molecule has 0 bridgehead atoms. The monoisotopic (exact) mass is 256 g/mol. The molecule has 0 radical (unpaired) electrons. The molecule has 108 valence electrons. The van der Waals surface area contributed by atoms with Crippen molar-refractivity contribution >= 4 is 0 Å². The van der Waals surface area contributed by atoms with Crippen LogP contribution in [0.25, 0.3) is 0 Å². The van der Waals surface area contributed by atoms with E-state index in [1.807, 2.05) is 0 Å². The van der Waals surface area contributed by atoms with Gasteiger partial charge in [0.1, 0.15) is 0 Å². The summed E-state index contributed by atoms with van der Waals surface area (Å²) in [5.41, 5.74) is 0. The lowest BCUT2D eigenvalue weighted by Crippen LogP contribution is -2.08. The molecule has 0 N–H and O–H groups in total. The van der Waals surface area contributed by atoms with E-state index in [1.165, 1.54) is 64.2 Å². The van der Waals surface area contributed by atoms with E-state index >= 15 is 0 Å². The van der Waals surface area contributed by atoms with Crippen LogP contribution in [0.4, 0.5) is 0 Å². The summed E-state index contributed by atoms with van der Waals surface area (Å²) in [7, 11) is 0. The Morgan fingerprint density at radius 1 is 0.833 bits per heavy atom. The predicted molar refractivity (Wildman–Crippen MR) is 76.7 cm³/mol. The van der Waals surface area contributed by atoms with E-state index in [0.717, 1.165) is 13.0 Å². The lowest BCUT2D eigenvalue weighted by molar-refractivity contribution is -0.0604. The van der Waals surface area contributed by atoms with Crippen molar-refractivity contribution in [2.75, 3.05) is 6.61 Å². The van der Waals surface area contributed by atoms with Gasteiger partial charge in [-0.1, -0.05) is 64.7 Å². The minimum atomic E-state index is 0.0917. The van der Waals surface area contributed by atoms with E-state index in [-0.39, 0.29) is 6.29 Å². The zero-order chi connectivity index (χ0) is 13.1. The zero-order valence-electron chi connectivity index (χ0n) is 12.5. The Hall–Kier alpha value is -0.0800. The molecule has 2 heteroatoms. The topological polar surface area (TPSA) is 18.5 Å². The maximum atomic E-state index is 5.62. The first-order valence-corrected chi connectivity index (χ1v) is 8.10. The van der Waals surface area contributed by atoms with Gasteiger partial charge in [0.2, 0.25) is 0 Å². The smallest absolute Gasteiger partial charge is 0.158 e. The molecule has 2 atom stereocenters. The maximum Gasteiger partial charge on any atom is 0.158 e. The molecule has 2 nitrogen and oxygen atoms in total. The number of ether oxygens (including phenoxy) is 2. The summed E-state index contributed by atoms with van der Waals surface area (Å²) in [6, 6.07) is 0. The van der Waals surface area contributed by atoms with Gasteiger partial charge >= 0.3 is 0 Å². The number of rotatable bonds is 11. The van der Waals surface area contributed by atoms with E-state index < -0.39 is 0 Å². The second-order valence-corrected chi connectivity index (χ2v) is 5.68. The average Bonchev–Trinajstić information content (AvgIpc) is 2.77. The first-order chi connectivity index (χ1) is 8.83. The van der Waals surface area contributed by atoms with Crippen molar-refractivity contribution in [2.45, 2.75) is 96.9 Å². The Kier molecular flexibility index (Phi) is 9.59. The highest BCUT2D eigenvalue weighted by molar-refractivity contribution is 4.60. The highest BCUT2D eigenvalue weighted by atomic mass is 16.7. The molecular formula is C16H32O2. The van der Waals surface area contributed by atoms with E-state index in [0.29, 0.717) is 6.10 Å². The van der Waals surface area contributed by atoms with Crippen molar-refractivity contribution in [3.63, 3.8) is 0 Å². The van der Waals surface area contributed by atoms with Crippen LogP contribution in [-0.4, -0.2) is 19.0 Å². The predicted octanol–water partition coefficient (Wildman–Crippen LogP) is 5.06. The van der Waals surface area contributed by atoms with E-state index in [2.05, 4.69) is 13.8 Å². The van der Waals surface area contributed by atoms with Crippen LogP contribution in [-0.2, 0) is 9.47 Å². The maximum absolute atomic E-state index is 5.62. The molecule has 0 aliphatic carbocycles. The van der Waals surface area contributed by atoms with Crippen LogP contribution in [0, 0.1) is 0 Å². The number of hydrogen-bond acceptors (Lipinski definition) is 2. The van der Waals surface area contributed by atoms with Gasteiger partial charge < -0.3 is 9.47 Å². The van der Waals surface area contributed by atoms with Gasteiger partial charge in [0.05, 0.1) is 12.7 Å². The quantitative estimate of drug-likeness (QED) is 0.481. The van der Waals surface area contributed by atoms with Crippen molar-refractivity contribution < 1.29 is 9.47 Å². The van der Waals surface area contributed by atoms with Gasteiger partial charge in [-0.25, -0.2) is 0 Å². The Morgan fingerprint density at radius 2 is 1.39 bits per heavy atom. The van der Waals surface area contributed by atoms with Gasteiger partial charge in [0.25, 0.3) is 0 Å². The molecule has 0 aromatic rings. The lowest BCUT2D eigenvalue weighted by Gasteiger charge is -2.09. The normalized spacial score (nSPS) is 23.7. The first-order valence-electron chi connectivity index (χ1n) is 8.10. The fraction of sp³-hybridized carbons (Fsp3) is 1.00. The summed E-state index contributed by atoms with van der Waals surface area (Å²) in [6.07, 6.45) is 15.4. The summed E-state index contributed by atoms with van der Waals surface area (Å²) in [6.45, 7) is 5.14. The Labute approximate surface area is 113 Å². The molecule has 1 aliphatic heterocycles. The molecule has 1 rings (SSSR count). The summed E-state index contributed by atoms with van der Waals surface area (Å²) in [5.74, 6) is 0. The summed E-state index contributed by atoms with van der Waals surface area (Å²) in [4.78, 5) is 0.